The Hall–Kier alpha value is -0.650. The van der Waals surface area contributed by atoms with Crippen molar-refractivity contribution in [2.75, 3.05) is 26.3 Å². The molecule has 0 aromatic carbocycles. The van der Waals surface area contributed by atoms with Crippen LogP contribution in [0.15, 0.2) is 0 Å². The summed E-state index contributed by atoms with van der Waals surface area (Å²) in [6.07, 6.45) is 3.10. The molecule has 2 aliphatic heterocycles. The van der Waals surface area contributed by atoms with Gasteiger partial charge < -0.3 is 20.1 Å². The second-order valence-corrected chi connectivity index (χ2v) is 7.42. The van der Waals surface area contributed by atoms with Gasteiger partial charge in [-0.2, -0.15) is 0 Å². The molecule has 0 aromatic rings. The van der Waals surface area contributed by atoms with Crippen LogP contribution in [0.4, 0.5) is 0 Å². The molecule has 21 heavy (non-hydrogen) atoms. The quantitative estimate of drug-likeness (QED) is 0.788. The van der Waals surface area contributed by atoms with Gasteiger partial charge >= 0.3 is 0 Å². The Morgan fingerprint density at radius 3 is 2.71 bits per heavy atom. The van der Waals surface area contributed by atoms with Crippen LogP contribution in [0.3, 0.4) is 0 Å². The Morgan fingerprint density at radius 2 is 1.95 bits per heavy atom. The van der Waals surface area contributed by atoms with E-state index < -0.39 is 5.54 Å². The van der Waals surface area contributed by atoms with Crippen molar-refractivity contribution < 1.29 is 14.3 Å². The van der Waals surface area contributed by atoms with Crippen LogP contribution in [0, 0.1) is 11.3 Å². The van der Waals surface area contributed by atoms with Crippen molar-refractivity contribution in [1.82, 2.24) is 4.90 Å². The summed E-state index contributed by atoms with van der Waals surface area (Å²) in [6, 6.07) is 0. The van der Waals surface area contributed by atoms with E-state index in [-0.39, 0.29) is 29.4 Å². The van der Waals surface area contributed by atoms with E-state index in [4.69, 9.17) is 15.2 Å². The number of nitrogens with two attached hydrogens (primary N) is 1. The Kier molecular flexibility index (Phi) is 3.79. The van der Waals surface area contributed by atoms with Crippen molar-refractivity contribution in [1.29, 1.82) is 0 Å². The molecule has 3 rings (SSSR count). The third kappa shape index (κ3) is 2.13. The number of fused-ring (bicyclic) bond motifs is 1. The minimum Gasteiger partial charge on any atom is -0.377 e. The number of ether oxygens (including phenoxy) is 2. The lowest BCUT2D eigenvalue weighted by Crippen LogP contribution is -2.82. The molecule has 2 N–H and O–H groups in total. The monoisotopic (exact) mass is 296 g/mol. The van der Waals surface area contributed by atoms with Crippen LogP contribution < -0.4 is 5.73 Å². The lowest BCUT2D eigenvalue weighted by Gasteiger charge is -2.65. The van der Waals surface area contributed by atoms with Gasteiger partial charge in [-0.3, -0.25) is 4.79 Å². The van der Waals surface area contributed by atoms with Gasteiger partial charge in [-0.05, 0) is 26.2 Å². The summed E-state index contributed by atoms with van der Waals surface area (Å²) in [5.41, 5.74) is 5.60. The maximum atomic E-state index is 13.2. The van der Waals surface area contributed by atoms with Gasteiger partial charge in [-0.25, -0.2) is 0 Å². The maximum absolute atomic E-state index is 13.2. The smallest absolute Gasteiger partial charge is 0.243 e. The van der Waals surface area contributed by atoms with E-state index >= 15 is 0 Å². The molecule has 0 spiro atoms. The Labute approximate surface area is 127 Å². The number of hydrogen-bond acceptors (Lipinski definition) is 4. The fourth-order valence-corrected chi connectivity index (χ4v) is 4.45. The van der Waals surface area contributed by atoms with Crippen molar-refractivity contribution in [2.24, 2.45) is 17.1 Å². The van der Waals surface area contributed by atoms with E-state index in [1.165, 1.54) is 0 Å². The first-order valence-corrected chi connectivity index (χ1v) is 8.20. The number of nitrogens with zero attached hydrogens (tertiary/aromatic N) is 1. The molecule has 0 bridgehead atoms. The molecule has 2 heterocycles. The molecule has 3 fully saturated rings. The van der Waals surface area contributed by atoms with Crippen LogP contribution in [0.2, 0.25) is 0 Å². The minimum absolute atomic E-state index is 0.0849. The van der Waals surface area contributed by atoms with Crippen molar-refractivity contribution in [2.45, 2.75) is 57.8 Å². The zero-order valence-corrected chi connectivity index (χ0v) is 13.4. The van der Waals surface area contributed by atoms with E-state index in [9.17, 15) is 4.79 Å². The number of carbonyl (C=O) groups excluding carboxylic acids is 1. The van der Waals surface area contributed by atoms with Crippen molar-refractivity contribution >= 4 is 5.91 Å². The minimum atomic E-state index is -0.790. The molecule has 4 atom stereocenters. The predicted octanol–water partition coefficient (Wildman–Crippen LogP) is 1.16. The van der Waals surface area contributed by atoms with Gasteiger partial charge in [0.2, 0.25) is 5.91 Å². The highest BCUT2D eigenvalue weighted by Crippen LogP contribution is 2.58. The van der Waals surface area contributed by atoms with Gasteiger partial charge in [0.25, 0.3) is 0 Å². The van der Waals surface area contributed by atoms with Crippen molar-refractivity contribution in [3.63, 3.8) is 0 Å². The lowest BCUT2D eigenvalue weighted by atomic mass is 9.46. The largest absolute Gasteiger partial charge is 0.377 e. The molecule has 1 amide bonds. The number of amides is 1. The standard InChI is InChI=1S/C16H28N2O3/c1-11-10-18(7-5-9-20-11)14(19)16(17)12-6-4-8-21-13(12)15(16,2)3/h11-13H,4-10,17H2,1-3H3. The van der Waals surface area contributed by atoms with Crippen LogP contribution >= 0.6 is 0 Å². The predicted molar refractivity (Wildman–Crippen MR) is 79.8 cm³/mol. The van der Waals surface area contributed by atoms with Crippen LogP contribution in [-0.2, 0) is 14.3 Å². The second-order valence-electron chi connectivity index (χ2n) is 7.42. The molecule has 5 nitrogen and oxygen atoms in total. The summed E-state index contributed by atoms with van der Waals surface area (Å²) >= 11 is 0. The number of rotatable bonds is 1. The molecule has 0 radical (unpaired) electrons. The third-order valence-electron chi connectivity index (χ3n) is 5.78. The highest BCUT2D eigenvalue weighted by atomic mass is 16.5. The first-order chi connectivity index (χ1) is 9.89. The first-order valence-electron chi connectivity index (χ1n) is 8.20. The van der Waals surface area contributed by atoms with Gasteiger partial charge in [0.05, 0.1) is 12.2 Å². The molecule has 5 heteroatoms. The van der Waals surface area contributed by atoms with Crippen LogP contribution in [0.5, 0.6) is 0 Å². The average Bonchev–Trinajstić information content (AvgIpc) is 2.70. The maximum Gasteiger partial charge on any atom is 0.243 e. The Bertz CT molecular complexity index is 426. The zero-order valence-electron chi connectivity index (χ0n) is 13.4. The van der Waals surface area contributed by atoms with E-state index in [0.29, 0.717) is 6.54 Å². The molecular formula is C16H28N2O3. The van der Waals surface area contributed by atoms with Gasteiger partial charge in [-0.15, -0.1) is 0 Å². The average molecular weight is 296 g/mol. The summed E-state index contributed by atoms with van der Waals surface area (Å²) in [7, 11) is 0. The molecule has 3 aliphatic rings. The Balaban J connectivity index is 1.82. The highest BCUT2D eigenvalue weighted by Gasteiger charge is 2.70. The molecule has 2 saturated heterocycles. The summed E-state index contributed by atoms with van der Waals surface area (Å²) in [5.74, 6) is 0.254. The molecular weight excluding hydrogens is 268 g/mol. The summed E-state index contributed by atoms with van der Waals surface area (Å²) in [4.78, 5) is 15.1. The van der Waals surface area contributed by atoms with Crippen molar-refractivity contribution in [3.8, 4) is 0 Å². The fourth-order valence-electron chi connectivity index (χ4n) is 4.45. The fraction of sp³-hybridized carbons (Fsp3) is 0.938. The summed E-state index contributed by atoms with van der Waals surface area (Å²) < 4.78 is 11.5. The molecule has 0 aromatic heterocycles. The van der Waals surface area contributed by atoms with Gasteiger partial charge in [0.15, 0.2) is 0 Å². The van der Waals surface area contributed by atoms with Crippen molar-refractivity contribution in [3.05, 3.63) is 0 Å². The first kappa shape index (κ1) is 15.3. The lowest BCUT2D eigenvalue weighted by molar-refractivity contribution is -0.230. The molecule has 1 saturated carbocycles. The van der Waals surface area contributed by atoms with E-state index in [1.807, 2.05) is 11.8 Å². The van der Waals surface area contributed by atoms with Crippen LogP contribution in [-0.4, -0.2) is 54.9 Å². The topological polar surface area (TPSA) is 64.8 Å². The van der Waals surface area contributed by atoms with Crippen LogP contribution in [0.1, 0.15) is 40.0 Å². The van der Waals surface area contributed by atoms with E-state index in [2.05, 4.69) is 13.8 Å². The molecule has 4 unspecified atom stereocenters. The second kappa shape index (κ2) is 5.21. The number of carbonyl (C=O) groups is 1. The molecule has 120 valence electrons. The normalized spacial score (nSPS) is 42.7. The van der Waals surface area contributed by atoms with Crippen LogP contribution in [0.25, 0.3) is 0 Å². The summed E-state index contributed by atoms with van der Waals surface area (Å²) in [5, 5.41) is 0. The third-order valence-corrected chi connectivity index (χ3v) is 5.78. The van der Waals surface area contributed by atoms with Gasteiger partial charge in [0, 0.05) is 37.6 Å². The van der Waals surface area contributed by atoms with Gasteiger partial charge in [0.1, 0.15) is 5.54 Å². The highest BCUT2D eigenvalue weighted by molar-refractivity contribution is 5.89. The van der Waals surface area contributed by atoms with E-state index in [1.54, 1.807) is 0 Å². The number of hydrogen-bond donors (Lipinski definition) is 1. The molecule has 1 aliphatic carbocycles. The SMILES string of the molecule is CC1CN(C(=O)C2(N)C3CCCOC3C2(C)C)CCCO1. The summed E-state index contributed by atoms with van der Waals surface area (Å²) in [6.45, 7) is 9.09. The van der Waals surface area contributed by atoms with Gasteiger partial charge in [-0.1, -0.05) is 13.8 Å². The Morgan fingerprint density at radius 1 is 1.24 bits per heavy atom. The van der Waals surface area contributed by atoms with E-state index in [0.717, 1.165) is 39.0 Å². The zero-order chi connectivity index (χ0) is 15.3.